The van der Waals surface area contributed by atoms with Gasteiger partial charge in [0.2, 0.25) is 0 Å². The van der Waals surface area contributed by atoms with Crippen LogP contribution >= 0.6 is 0 Å². The van der Waals surface area contributed by atoms with Crippen molar-refractivity contribution in [2.45, 2.75) is 19.4 Å². The number of nitrogens with one attached hydrogen (secondary N) is 1. The number of amides is 2. The summed E-state index contributed by atoms with van der Waals surface area (Å²) in [6.45, 7) is 1.01. The minimum atomic E-state index is -0.862. The third kappa shape index (κ3) is 4.46. The molecule has 1 aromatic rings. The quantitative estimate of drug-likeness (QED) is 0.809. The molecule has 1 unspecified atom stereocenters. The van der Waals surface area contributed by atoms with Gasteiger partial charge in [0.15, 0.2) is 11.5 Å². The molecule has 1 aliphatic heterocycles. The lowest BCUT2D eigenvalue weighted by molar-refractivity contribution is -0.143. The van der Waals surface area contributed by atoms with Crippen LogP contribution in [0.1, 0.15) is 18.4 Å². The molecule has 0 spiro atoms. The molecule has 2 N–H and O–H groups in total. The molecule has 138 valence electrons. The Morgan fingerprint density at radius 3 is 2.40 bits per heavy atom. The summed E-state index contributed by atoms with van der Waals surface area (Å²) in [6, 6.07) is 3.15. The molecule has 0 aliphatic carbocycles. The Bertz CT molecular complexity index is 634. The van der Waals surface area contributed by atoms with E-state index in [1.165, 1.54) is 26.2 Å². The van der Waals surface area contributed by atoms with Crippen LogP contribution in [0.4, 0.5) is 4.79 Å². The Morgan fingerprint density at radius 2 is 1.80 bits per heavy atom. The van der Waals surface area contributed by atoms with Crippen molar-refractivity contribution in [2.24, 2.45) is 5.92 Å². The maximum atomic E-state index is 12.3. The lowest BCUT2D eigenvalue weighted by atomic mass is 9.99. The van der Waals surface area contributed by atoms with Gasteiger partial charge in [0.1, 0.15) is 5.75 Å². The summed E-state index contributed by atoms with van der Waals surface area (Å²) < 4.78 is 15.8. The summed E-state index contributed by atoms with van der Waals surface area (Å²) in [5.74, 6) is 0.278. The first-order valence-corrected chi connectivity index (χ1v) is 8.04. The van der Waals surface area contributed by atoms with Crippen LogP contribution in [0.25, 0.3) is 0 Å². The lowest BCUT2D eigenvalue weighted by Gasteiger charge is -2.30. The molecule has 8 nitrogen and oxygen atoms in total. The predicted molar refractivity (Wildman–Crippen MR) is 90.3 cm³/mol. The Hall–Kier alpha value is -2.64. The number of hydrogen-bond donors (Lipinski definition) is 2. The summed E-state index contributed by atoms with van der Waals surface area (Å²) in [5, 5.41) is 11.9. The van der Waals surface area contributed by atoms with Crippen LogP contribution in [-0.2, 0) is 11.3 Å². The molecule has 2 rings (SSSR count). The van der Waals surface area contributed by atoms with E-state index in [9.17, 15) is 9.59 Å². The van der Waals surface area contributed by atoms with Gasteiger partial charge in [-0.2, -0.15) is 0 Å². The normalized spacial score (nSPS) is 16.9. The molecular formula is C17H24N2O6. The predicted octanol–water partition coefficient (Wildman–Crippen LogP) is 1.72. The number of benzene rings is 1. The van der Waals surface area contributed by atoms with Gasteiger partial charge in [0.25, 0.3) is 0 Å². The molecule has 0 bridgehead atoms. The first kappa shape index (κ1) is 18.7. The second-order valence-corrected chi connectivity index (χ2v) is 5.80. The van der Waals surface area contributed by atoms with Gasteiger partial charge in [0.05, 0.1) is 27.2 Å². The Morgan fingerprint density at radius 1 is 1.16 bits per heavy atom. The first-order valence-electron chi connectivity index (χ1n) is 8.04. The second kappa shape index (κ2) is 8.46. The van der Waals surface area contributed by atoms with Gasteiger partial charge in [-0.3, -0.25) is 4.79 Å². The number of rotatable bonds is 6. The largest absolute Gasteiger partial charge is 0.496 e. The van der Waals surface area contributed by atoms with Crippen molar-refractivity contribution in [1.29, 1.82) is 0 Å². The zero-order valence-electron chi connectivity index (χ0n) is 14.7. The molecule has 1 aliphatic rings. The molecule has 1 heterocycles. The van der Waals surface area contributed by atoms with Crippen LogP contribution in [0.2, 0.25) is 0 Å². The number of carbonyl (C=O) groups is 2. The fourth-order valence-corrected chi connectivity index (χ4v) is 2.88. The number of hydrogen-bond acceptors (Lipinski definition) is 5. The van der Waals surface area contributed by atoms with Gasteiger partial charge in [-0.25, -0.2) is 4.79 Å². The number of carboxylic acids is 1. The zero-order valence-corrected chi connectivity index (χ0v) is 14.7. The summed E-state index contributed by atoms with van der Waals surface area (Å²) in [7, 11) is 4.61. The molecule has 2 amide bonds. The number of methoxy groups -OCH3 is 3. The summed E-state index contributed by atoms with van der Waals surface area (Å²) >= 11 is 0. The van der Waals surface area contributed by atoms with E-state index in [0.29, 0.717) is 36.6 Å². The van der Waals surface area contributed by atoms with E-state index < -0.39 is 11.9 Å². The van der Waals surface area contributed by atoms with E-state index in [4.69, 9.17) is 19.3 Å². The second-order valence-electron chi connectivity index (χ2n) is 5.80. The van der Waals surface area contributed by atoms with Crippen molar-refractivity contribution in [3.63, 3.8) is 0 Å². The van der Waals surface area contributed by atoms with Crippen molar-refractivity contribution < 1.29 is 28.9 Å². The Labute approximate surface area is 146 Å². The van der Waals surface area contributed by atoms with Crippen molar-refractivity contribution in [2.75, 3.05) is 34.4 Å². The van der Waals surface area contributed by atoms with E-state index >= 15 is 0 Å². The molecule has 25 heavy (non-hydrogen) atoms. The number of nitrogens with zero attached hydrogens (tertiary/aromatic N) is 1. The molecule has 1 atom stereocenters. The maximum Gasteiger partial charge on any atom is 0.317 e. The molecule has 0 aromatic heterocycles. The average molecular weight is 352 g/mol. The Kier molecular flexibility index (Phi) is 6.32. The van der Waals surface area contributed by atoms with E-state index in [1.54, 1.807) is 12.1 Å². The first-order chi connectivity index (χ1) is 12.0. The number of ether oxygens (including phenoxy) is 3. The van der Waals surface area contributed by atoms with E-state index in [0.717, 1.165) is 5.56 Å². The van der Waals surface area contributed by atoms with Gasteiger partial charge in [-0.05, 0) is 18.9 Å². The summed E-state index contributed by atoms with van der Waals surface area (Å²) in [6.07, 6.45) is 1.28. The third-order valence-electron chi connectivity index (χ3n) is 4.27. The molecular weight excluding hydrogens is 328 g/mol. The van der Waals surface area contributed by atoms with Crippen LogP contribution in [-0.4, -0.2) is 56.4 Å². The highest BCUT2D eigenvalue weighted by Crippen LogP contribution is 2.34. The number of piperidine rings is 1. The molecule has 1 saturated heterocycles. The topological polar surface area (TPSA) is 97.3 Å². The SMILES string of the molecule is COc1cc(OC)c(OC)cc1CNC(=O)N1CCCC(C(=O)O)C1. The van der Waals surface area contributed by atoms with E-state index in [-0.39, 0.29) is 19.1 Å². The van der Waals surface area contributed by atoms with E-state index in [1.807, 2.05) is 0 Å². The summed E-state index contributed by atoms with van der Waals surface area (Å²) in [4.78, 5) is 25.0. The van der Waals surface area contributed by atoms with E-state index in [2.05, 4.69) is 5.32 Å². The molecule has 0 saturated carbocycles. The molecule has 1 aromatic carbocycles. The van der Waals surface area contributed by atoms with Crippen molar-refractivity contribution in [3.8, 4) is 17.2 Å². The van der Waals surface area contributed by atoms with Gasteiger partial charge >= 0.3 is 12.0 Å². The van der Waals surface area contributed by atoms with Gasteiger partial charge in [-0.15, -0.1) is 0 Å². The summed E-state index contributed by atoms with van der Waals surface area (Å²) in [5.41, 5.74) is 0.736. The van der Waals surface area contributed by atoms with Crippen LogP contribution in [0.5, 0.6) is 17.2 Å². The monoisotopic (exact) mass is 352 g/mol. The lowest BCUT2D eigenvalue weighted by Crippen LogP contribution is -2.46. The fourth-order valence-electron chi connectivity index (χ4n) is 2.88. The number of likely N-dealkylation sites (tertiary alicyclic amines) is 1. The van der Waals surface area contributed by atoms with Crippen molar-refractivity contribution in [3.05, 3.63) is 17.7 Å². The molecule has 0 radical (unpaired) electrons. The third-order valence-corrected chi connectivity index (χ3v) is 4.27. The molecule has 8 heteroatoms. The van der Waals surface area contributed by atoms with Gasteiger partial charge in [0, 0.05) is 31.3 Å². The minimum Gasteiger partial charge on any atom is -0.496 e. The highest BCUT2D eigenvalue weighted by molar-refractivity contribution is 5.76. The average Bonchev–Trinajstić information content (AvgIpc) is 2.65. The Balaban J connectivity index is 2.05. The van der Waals surface area contributed by atoms with Crippen molar-refractivity contribution in [1.82, 2.24) is 10.2 Å². The van der Waals surface area contributed by atoms with Gasteiger partial charge in [-0.1, -0.05) is 0 Å². The number of aliphatic carboxylic acids is 1. The van der Waals surface area contributed by atoms with Crippen LogP contribution in [0.15, 0.2) is 12.1 Å². The minimum absolute atomic E-state index is 0.226. The van der Waals surface area contributed by atoms with Crippen LogP contribution in [0, 0.1) is 5.92 Å². The number of carbonyl (C=O) groups excluding carboxylic acids is 1. The van der Waals surface area contributed by atoms with Crippen molar-refractivity contribution >= 4 is 12.0 Å². The fraction of sp³-hybridized carbons (Fsp3) is 0.529. The van der Waals surface area contributed by atoms with Gasteiger partial charge < -0.3 is 29.5 Å². The standard InChI is InChI=1S/C17H24N2O6/c1-23-13-8-15(25-3)14(24-2)7-12(13)9-18-17(22)19-6-4-5-11(10-19)16(20)21/h7-8,11H,4-6,9-10H2,1-3H3,(H,18,22)(H,20,21). The smallest absolute Gasteiger partial charge is 0.317 e. The zero-order chi connectivity index (χ0) is 18.4. The number of urea groups is 1. The maximum absolute atomic E-state index is 12.3. The van der Waals surface area contributed by atoms with Crippen LogP contribution < -0.4 is 19.5 Å². The number of carboxylic acid groups (broad SMARTS) is 1. The highest BCUT2D eigenvalue weighted by Gasteiger charge is 2.28. The highest BCUT2D eigenvalue weighted by atomic mass is 16.5. The van der Waals surface area contributed by atoms with Crippen LogP contribution in [0.3, 0.4) is 0 Å². The molecule has 1 fully saturated rings.